The van der Waals surface area contributed by atoms with Gasteiger partial charge in [-0.2, -0.15) is 0 Å². The van der Waals surface area contributed by atoms with Crippen molar-refractivity contribution in [2.24, 2.45) is 23.7 Å². The summed E-state index contributed by atoms with van der Waals surface area (Å²) in [6.45, 7) is 5.52. The van der Waals surface area contributed by atoms with Gasteiger partial charge in [0, 0.05) is 90.2 Å². The topological polar surface area (TPSA) is 190 Å². The minimum absolute atomic E-state index is 0.0151. The molecule has 0 aromatic rings. The molecule has 0 aromatic carbocycles. The summed E-state index contributed by atoms with van der Waals surface area (Å²) in [5, 5.41) is 67.1. The van der Waals surface area contributed by atoms with E-state index in [-0.39, 0.29) is 55.6 Å². The molecular weight excluding hydrogens is 589 g/mol. The van der Waals surface area contributed by atoms with Gasteiger partial charge in [-0.15, -0.1) is 0 Å². The minimum atomic E-state index is -1.66. The van der Waals surface area contributed by atoms with Crippen LogP contribution in [-0.2, 0) is 9.53 Å². The van der Waals surface area contributed by atoms with Crippen molar-refractivity contribution in [3.8, 4) is 0 Å². The average Bonchev–Trinajstić information content (AvgIpc) is 3.04. The Kier molecular flexibility index (Phi) is 15.1. The molecule has 0 aromatic heterocycles. The van der Waals surface area contributed by atoms with Gasteiger partial charge < -0.3 is 45.6 Å². The highest BCUT2D eigenvalue weighted by Gasteiger charge is 2.37. The fourth-order valence-electron chi connectivity index (χ4n) is 7.11. The van der Waals surface area contributed by atoms with E-state index in [1.807, 2.05) is 0 Å². The first kappa shape index (κ1) is 36.8. The second-order valence-corrected chi connectivity index (χ2v) is 13.8. The Bertz CT molecular complexity index is 860. The zero-order chi connectivity index (χ0) is 32.3. The van der Waals surface area contributed by atoms with Gasteiger partial charge in [0.15, 0.2) is 0 Å². The van der Waals surface area contributed by atoms with E-state index in [2.05, 4.69) is 20.9 Å². The van der Waals surface area contributed by atoms with Crippen LogP contribution in [-0.4, -0.2) is 162 Å². The van der Waals surface area contributed by atoms with Crippen molar-refractivity contribution >= 4 is 5.91 Å². The third-order valence-electron chi connectivity index (χ3n) is 10.3. The van der Waals surface area contributed by atoms with Gasteiger partial charge in [-0.05, 0) is 50.4 Å². The molecule has 4 aliphatic rings. The first-order chi connectivity index (χ1) is 21.7. The van der Waals surface area contributed by atoms with Crippen LogP contribution in [0.1, 0.15) is 51.4 Å². The molecule has 1 amide bonds. The van der Waals surface area contributed by atoms with Gasteiger partial charge in [0.05, 0.1) is 18.8 Å². The maximum absolute atomic E-state index is 15.0. The molecule has 14 heteroatoms. The highest BCUT2D eigenvalue weighted by molar-refractivity contribution is 5.77. The lowest BCUT2D eigenvalue weighted by Gasteiger charge is -2.41. The molecule has 4 fully saturated rings. The lowest BCUT2D eigenvalue weighted by atomic mass is 9.83. The molecule has 45 heavy (non-hydrogen) atoms. The van der Waals surface area contributed by atoms with Crippen LogP contribution in [0.5, 0.6) is 0 Å². The summed E-state index contributed by atoms with van der Waals surface area (Å²) in [5.41, 5.74) is 0. The van der Waals surface area contributed by atoms with E-state index < -0.39 is 37.2 Å². The lowest BCUT2D eigenvalue weighted by molar-refractivity contribution is -0.140. The molecule has 3 heterocycles. The second kappa shape index (κ2) is 18.5. The Hall–Kier alpha value is -1.04. The van der Waals surface area contributed by atoms with Crippen molar-refractivity contribution in [3.63, 3.8) is 0 Å². The summed E-state index contributed by atoms with van der Waals surface area (Å²) in [5.74, 6) is 0.840. The monoisotopic (exact) mass is 647 g/mol. The number of aliphatic hydroxyl groups is 6. The van der Waals surface area contributed by atoms with Crippen LogP contribution in [0.15, 0.2) is 0 Å². The van der Waals surface area contributed by atoms with Gasteiger partial charge in [0.1, 0.15) is 30.8 Å². The van der Waals surface area contributed by atoms with E-state index in [1.165, 1.54) is 12.8 Å². The van der Waals surface area contributed by atoms with Crippen LogP contribution in [0.2, 0.25) is 0 Å². The zero-order valence-electron chi connectivity index (χ0n) is 26.6. The molecular formula is C31H58FN5O8. The zero-order valence-corrected chi connectivity index (χ0v) is 26.6. The smallest absolute Gasteiger partial charge is 0.222 e. The van der Waals surface area contributed by atoms with Crippen molar-refractivity contribution in [2.75, 3.05) is 72.2 Å². The van der Waals surface area contributed by atoms with E-state index >= 15 is 4.39 Å². The molecule has 7 atom stereocenters. The lowest BCUT2D eigenvalue weighted by Crippen LogP contribution is -2.62. The van der Waals surface area contributed by atoms with Crippen LogP contribution in [0.3, 0.4) is 0 Å². The van der Waals surface area contributed by atoms with Crippen molar-refractivity contribution in [1.29, 1.82) is 0 Å². The molecule has 1 saturated carbocycles. The molecule has 3 saturated heterocycles. The Balaban J connectivity index is 1.01. The summed E-state index contributed by atoms with van der Waals surface area (Å²) in [4.78, 5) is 16.9. The number of likely N-dealkylation sites (tertiary alicyclic amines) is 2. The van der Waals surface area contributed by atoms with Gasteiger partial charge in [0.25, 0.3) is 0 Å². The van der Waals surface area contributed by atoms with E-state index in [9.17, 15) is 30.3 Å². The minimum Gasteiger partial charge on any atom is -0.396 e. The summed E-state index contributed by atoms with van der Waals surface area (Å²) in [6.07, 6.45) is -0.634. The third-order valence-corrected chi connectivity index (χ3v) is 10.3. The molecule has 0 spiro atoms. The molecule has 4 rings (SSSR count). The predicted octanol–water partition coefficient (Wildman–Crippen LogP) is -2.04. The molecule has 262 valence electrons. The summed E-state index contributed by atoms with van der Waals surface area (Å²) >= 11 is 0. The quantitative estimate of drug-likeness (QED) is 0.0788. The number of nitrogens with one attached hydrogen (secondary N) is 3. The molecule has 13 nitrogen and oxygen atoms in total. The molecule has 9 N–H and O–H groups in total. The number of hydrogen-bond donors (Lipinski definition) is 9. The van der Waals surface area contributed by atoms with Crippen LogP contribution in [0.4, 0.5) is 4.39 Å². The first-order valence-electron chi connectivity index (χ1n) is 17.1. The summed E-state index contributed by atoms with van der Waals surface area (Å²) < 4.78 is 21.1. The number of ether oxygens (including phenoxy) is 1. The number of nitrogens with zero attached hydrogens (tertiary/aromatic N) is 2. The largest absolute Gasteiger partial charge is 0.396 e. The Labute approximate surface area is 266 Å². The average molecular weight is 648 g/mol. The number of hydrogen-bond acceptors (Lipinski definition) is 12. The fraction of sp³-hybridized carbons (Fsp3) is 0.968. The van der Waals surface area contributed by atoms with Crippen molar-refractivity contribution in [2.45, 2.75) is 94.3 Å². The van der Waals surface area contributed by atoms with Gasteiger partial charge in [0.2, 0.25) is 5.91 Å². The molecule has 0 radical (unpaired) electrons. The van der Waals surface area contributed by atoms with Gasteiger partial charge >= 0.3 is 0 Å². The SMILES string of the molecule is O=C(CC1CCC(OCCCC2CCN(C3NCC(CO)CN3)CC2)CC1F)N1CC(CNC[C@H](O)[C@@H](O)[C@H](O)[C@H](O)CO)C1. The number of halogens is 1. The molecule has 3 unspecified atom stereocenters. The number of carbonyl (C=O) groups is 1. The molecule has 3 aliphatic heterocycles. The van der Waals surface area contributed by atoms with Crippen LogP contribution in [0, 0.1) is 23.7 Å². The standard InChI is InChI=1S/C31H58FN5O8/c32-25-11-24(45-9-1-2-20-5-7-36(8-6-20)31-34-13-21(18-38)14-35-31)4-3-23(25)10-28(42)37-16-22(17-37)12-33-15-26(40)29(43)30(44)27(41)19-39/h20-27,29-31,33-35,38-41,43-44H,1-19H2/t21?,23?,24?,25?,26-,27+,29+,30+,31?/m0/s1. The van der Waals surface area contributed by atoms with E-state index in [0.29, 0.717) is 45.0 Å². The van der Waals surface area contributed by atoms with Crippen molar-refractivity contribution in [3.05, 3.63) is 0 Å². The van der Waals surface area contributed by atoms with Crippen LogP contribution in [0.25, 0.3) is 0 Å². The van der Waals surface area contributed by atoms with Gasteiger partial charge in [-0.25, -0.2) is 4.39 Å². The predicted molar refractivity (Wildman–Crippen MR) is 165 cm³/mol. The van der Waals surface area contributed by atoms with E-state index in [4.69, 9.17) is 9.84 Å². The first-order valence-corrected chi connectivity index (χ1v) is 17.1. The summed E-state index contributed by atoms with van der Waals surface area (Å²) in [7, 11) is 0. The van der Waals surface area contributed by atoms with E-state index in [0.717, 1.165) is 45.4 Å². The number of aliphatic hydroxyl groups excluding tert-OH is 6. The van der Waals surface area contributed by atoms with Crippen LogP contribution >= 0.6 is 0 Å². The van der Waals surface area contributed by atoms with Crippen molar-refractivity contribution < 1.29 is 44.6 Å². The van der Waals surface area contributed by atoms with Crippen molar-refractivity contribution in [1.82, 2.24) is 25.8 Å². The Morgan fingerprint density at radius 2 is 1.62 bits per heavy atom. The summed E-state index contributed by atoms with van der Waals surface area (Å²) in [6, 6.07) is 0. The molecule has 0 bridgehead atoms. The second-order valence-electron chi connectivity index (χ2n) is 13.8. The fourth-order valence-corrected chi connectivity index (χ4v) is 7.11. The number of carbonyl (C=O) groups excluding carboxylic acids is 1. The Morgan fingerprint density at radius 1 is 0.933 bits per heavy atom. The van der Waals surface area contributed by atoms with Crippen LogP contribution < -0.4 is 16.0 Å². The normalized spacial score (nSPS) is 31.7. The number of amides is 1. The highest BCUT2D eigenvalue weighted by Crippen LogP contribution is 2.33. The maximum atomic E-state index is 15.0. The number of alkyl halides is 1. The number of piperidine rings is 1. The number of rotatable bonds is 17. The molecule has 1 aliphatic carbocycles. The van der Waals surface area contributed by atoms with Gasteiger partial charge in [-0.1, -0.05) is 0 Å². The van der Waals surface area contributed by atoms with Gasteiger partial charge in [-0.3, -0.25) is 20.3 Å². The maximum Gasteiger partial charge on any atom is 0.222 e. The van der Waals surface area contributed by atoms with E-state index in [1.54, 1.807) is 4.90 Å². The third kappa shape index (κ3) is 11.0. The Morgan fingerprint density at radius 3 is 2.27 bits per heavy atom. The highest BCUT2D eigenvalue weighted by atomic mass is 19.1.